The van der Waals surface area contributed by atoms with Gasteiger partial charge in [0.1, 0.15) is 5.82 Å². The molecule has 1 aliphatic rings. The fourth-order valence-corrected chi connectivity index (χ4v) is 10.2. The Hall–Kier alpha value is -6.92. The first-order chi connectivity index (χ1) is 30.3. The van der Waals surface area contributed by atoms with Gasteiger partial charge in [-0.2, -0.15) is 5.10 Å². The van der Waals surface area contributed by atoms with Crippen LogP contribution in [0, 0.1) is 20.8 Å². The Morgan fingerprint density at radius 2 is 1.14 bits per heavy atom. The second-order valence-electron chi connectivity index (χ2n) is 19.3. The smallest absolute Gasteiger partial charge is 0.137 e. The van der Waals surface area contributed by atoms with Crippen molar-refractivity contribution in [2.24, 2.45) is 0 Å². The number of para-hydroxylation sites is 3. The number of fused-ring (bicyclic) bond motifs is 5. The van der Waals surface area contributed by atoms with E-state index >= 15 is 0 Å². The number of rotatable bonds is 6. The molecule has 10 rings (SSSR count). The highest BCUT2D eigenvalue weighted by Gasteiger charge is 2.30. The zero-order chi connectivity index (χ0) is 43.8. The van der Waals surface area contributed by atoms with Crippen LogP contribution in [0.5, 0.6) is 0 Å². The lowest BCUT2D eigenvalue weighted by molar-refractivity contribution is 0.561. The number of aryl methyl sites for hydroxylation is 3. The van der Waals surface area contributed by atoms with Crippen molar-refractivity contribution in [3.8, 4) is 11.5 Å². The normalized spacial score (nSPS) is 13.0. The number of nitrogens with zero attached hydrogens (tertiary/aromatic N) is 6. The minimum Gasteiger partial charge on any atom is -0.310 e. The van der Waals surface area contributed by atoms with E-state index in [0.717, 1.165) is 69.5 Å². The van der Waals surface area contributed by atoms with E-state index in [9.17, 15) is 0 Å². The van der Waals surface area contributed by atoms with Gasteiger partial charge in [0.05, 0.1) is 33.8 Å². The van der Waals surface area contributed by atoms with Gasteiger partial charge in [-0.05, 0) is 145 Å². The molecule has 6 nitrogen and oxygen atoms in total. The molecule has 4 heterocycles. The number of anilines is 6. The van der Waals surface area contributed by atoms with Gasteiger partial charge in [-0.25, -0.2) is 9.67 Å². The van der Waals surface area contributed by atoms with Gasteiger partial charge in [-0.3, -0.25) is 4.57 Å². The van der Waals surface area contributed by atoms with Crippen LogP contribution in [0.2, 0.25) is 0 Å². The summed E-state index contributed by atoms with van der Waals surface area (Å²) in [5.74, 6) is 0.893. The van der Waals surface area contributed by atoms with Crippen LogP contribution in [0.1, 0.15) is 80.7 Å². The Labute approximate surface area is 372 Å². The van der Waals surface area contributed by atoms with Gasteiger partial charge in [0.25, 0.3) is 0 Å². The van der Waals surface area contributed by atoms with Crippen molar-refractivity contribution in [3.63, 3.8) is 0 Å². The van der Waals surface area contributed by atoms with E-state index in [1.807, 2.05) is 12.3 Å². The zero-order valence-electron chi connectivity index (χ0n) is 38.0. The lowest BCUT2D eigenvalue weighted by Crippen LogP contribution is -2.21. The first-order valence-electron chi connectivity index (χ1n) is 22.3. The summed E-state index contributed by atoms with van der Waals surface area (Å²) in [6, 6.07) is 53.2. The topological polar surface area (TPSA) is 42.1 Å². The average Bonchev–Trinajstić information content (AvgIpc) is 3.69. The third-order valence-electron chi connectivity index (χ3n) is 13.0. The number of pyridine rings is 1. The molecule has 0 unspecified atom stereocenters. The number of hydrogen-bond acceptors (Lipinski definition) is 4. The van der Waals surface area contributed by atoms with Crippen LogP contribution in [-0.2, 0) is 23.7 Å². The van der Waals surface area contributed by atoms with Crippen molar-refractivity contribution in [3.05, 3.63) is 191 Å². The van der Waals surface area contributed by atoms with Crippen molar-refractivity contribution < 1.29 is 0 Å². The summed E-state index contributed by atoms with van der Waals surface area (Å²) in [5.41, 5.74) is 18.7. The maximum absolute atomic E-state index is 5.34. The van der Waals surface area contributed by atoms with Crippen molar-refractivity contribution >= 4 is 55.9 Å². The van der Waals surface area contributed by atoms with Crippen LogP contribution >= 0.6 is 0 Å². The first kappa shape index (κ1) is 40.2. The van der Waals surface area contributed by atoms with Gasteiger partial charge in [0.2, 0.25) is 0 Å². The molecule has 0 aliphatic carbocycles. The van der Waals surface area contributed by atoms with Crippen molar-refractivity contribution in [1.29, 1.82) is 0 Å². The minimum atomic E-state index is -0.0758. The molecule has 9 aromatic rings. The predicted molar refractivity (Wildman–Crippen MR) is 264 cm³/mol. The molecule has 1 aliphatic heterocycles. The lowest BCUT2D eigenvalue weighted by Gasteiger charge is -2.33. The Balaban J connectivity index is 1.20. The van der Waals surface area contributed by atoms with Crippen LogP contribution < -0.4 is 9.80 Å². The van der Waals surface area contributed by atoms with Crippen LogP contribution in [0.4, 0.5) is 34.1 Å². The third kappa shape index (κ3) is 6.89. The number of benzene rings is 6. The largest absolute Gasteiger partial charge is 0.310 e. The minimum absolute atomic E-state index is 0.0758. The maximum Gasteiger partial charge on any atom is 0.137 e. The highest BCUT2D eigenvalue weighted by molar-refractivity contribution is 6.10. The Bertz CT molecular complexity index is 3110. The second kappa shape index (κ2) is 15.2. The fraction of sp³-hybridized carbons (Fsp3) is 0.228. The standard InChI is InChI=1S/C57H56N6/c1-37-48(56(4,5)6)34-45(35-49(37)57(7,8)9)60(43-30-31-47-46-23-12-15-26-52(46)61(53(47)36-43)54-27-16-17-32-58-54)42-21-18-22-44(33-42)63-39(3)55(38(2)59-63)62-50-24-13-10-19-40(50)28-29-41-20-11-14-25-51(41)62/h10-27,30-36H,28-29H2,1-9H3. The van der Waals surface area contributed by atoms with E-state index in [1.165, 1.54) is 50.0 Å². The summed E-state index contributed by atoms with van der Waals surface area (Å²) in [7, 11) is 0. The SMILES string of the molecule is Cc1nn(-c2cccc(N(c3cc(C(C)(C)C)c(C)c(C(C)(C)C)c3)c3ccc4c5ccccc5n(-c5ccccn5)c4c3)c2)c(C)c1N1c2ccccc2CCc2ccccc21. The third-order valence-corrected chi connectivity index (χ3v) is 13.0. The molecule has 0 fully saturated rings. The van der Waals surface area contributed by atoms with Crippen molar-refractivity contribution in [2.75, 3.05) is 9.80 Å². The zero-order valence-corrected chi connectivity index (χ0v) is 38.0. The first-order valence-corrected chi connectivity index (χ1v) is 22.3. The highest BCUT2D eigenvalue weighted by Crippen LogP contribution is 2.47. The van der Waals surface area contributed by atoms with E-state index in [0.29, 0.717) is 0 Å². The predicted octanol–water partition coefficient (Wildman–Crippen LogP) is 14.9. The average molecular weight is 825 g/mol. The van der Waals surface area contributed by atoms with Crippen LogP contribution in [0.25, 0.3) is 33.3 Å². The summed E-state index contributed by atoms with van der Waals surface area (Å²) >= 11 is 0. The molecule has 0 N–H and O–H groups in total. The molecule has 0 amide bonds. The number of aromatic nitrogens is 4. The lowest BCUT2D eigenvalue weighted by atomic mass is 9.76. The molecule has 6 aromatic carbocycles. The molecule has 0 saturated carbocycles. The molecule has 6 heteroatoms. The van der Waals surface area contributed by atoms with E-state index in [4.69, 9.17) is 10.1 Å². The molecule has 0 bridgehead atoms. The highest BCUT2D eigenvalue weighted by atomic mass is 15.3. The van der Waals surface area contributed by atoms with E-state index in [2.05, 4.69) is 221 Å². The maximum atomic E-state index is 5.34. The van der Waals surface area contributed by atoms with E-state index in [1.54, 1.807) is 0 Å². The van der Waals surface area contributed by atoms with Gasteiger partial charge < -0.3 is 9.80 Å². The Kier molecular flexibility index (Phi) is 9.67. The van der Waals surface area contributed by atoms with Crippen LogP contribution in [0.3, 0.4) is 0 Å². The summed E-state index contributed by atoms with van der Waals surface area (Å²) in [5, 5.41) is 7.73. The Morgan fingerprint density at radius 3 is 1.79 bits per heavy atom. The van der Waals surface area contributed by atoms with Crippen LogP contribution in [0.15, 0.2) is 152 Å². The van der Waals surface area contributed by atoms with Gasteiger partial charge in [-0.1, -0.05) is 114 Å². The van der Waals surface area contributed by atoms with Crippen molar-refractivity contribution in [1.82, 2.24) is 19.3 Å². The monoisotopic (exact) mass is 824 g/mol. The summed E-state index contributed by atoms with van der Waals surface area (Å²) in [6.45, 7) is 20.6. The van der Waals surface area contributed by atoms with Crippen LogP contribution in [-0.4, -0.2) is 19.3 Å². The molecule has 63 heavy (non-hydrogen) atoms. The van der Waals surface area contributed by atoms with Crippen molar-refractivity contribution in [2.45, 2.75) is 86.0 Å². The van der Waals surface area contributed by atoms with Gasteiger partial charge >= 0.3 is 0 Å². The molecular formula is C57H56N6. The molecule has 3 aromatic heterocycles. The quantitative estimate of drug-likeness (QED) is 0.167. The van der Waals surface area contributed by atoms with Gasteiger partial charge in [-0.15, -0.1) is 0 Å². The molecule has 0 saturated heterocycles. The summed E-state index contributed by atoms with van der Waals surface area (Å²) in [6.07, 6.45) is 3.87. The summed E-state index contributed by atoms with van der Waals surface area (Å²) < 4.78 is 4.44. The molecule has 0 atom stereocenters. The van der Waals surface area contributed by atoms with E-state index in [-0.39, 0.29) is 10.8 Å². The van der Waals surface area contributed by atoms with Gasteiger partial charge in [0, 0.05) is 45.4 Å². The molecule has 0 radical (unpaired) electrons. The van der Waals surface area contributed by atoms with Gasteiger partial charge in [0.15, 0.2) is 0 Å². The summed E-state index contributed by atoms with van der Waals surface area (Å²) in [4.78, 5) is 9.76. The Morgan fingerprint density at radius 1 is 0.540 bits per heavy atom. The number of hydrogen-bond donors (Lipinski definition) is 0. The fourth-order valence-electron chi connectivity index (χ4n) is 10.2. The molecular weight excluding hydrogens is 769 g/mol. The molecule has 314 valence electrons. The molecule has 0 spiro atoms. The second-order valence-corrected chi connectivity index (χ2v) is 19.3. The van der Waals surface area contributed by atoms with E-state index < -0.39 is 0 Å².